The summed E-state index contributed by atoms with van der Waals surface area (Å²) in [6.45, 7) is 6.42. The Morgan fingerprint density at radius 1 is 1.00 bits per heavy atom. The number of hydrogen-bond acceptors (Lipinski definition) is 5. The lowest BCUT2D eigenvalue weighted by molar-refractivity contribution is -0.116. The zero-order valence-corrected chi connectivity index (χ0v) is 19.6. The van der Waals surface area contributed by atoms with Crippen LogP contribution in [0.4, 0.5) is 5.82 Å². The van der Waals surface area contributed by atoms with Gasteiger partial charge >= 0.3 is 0 Å². The highest BCUT2D eigenvalue weighted by atomic mass is 16.5. The predicted molar refractivity (Wildman–Crippen MR) is 131 cm³/mol. The summed E-state index contributed by atoms with van der Waals surface area (Å²) in [6.07, 6.45) is 1.22. The molecule has 0 spiro atoms. The zero-order valence-electron chi connectivity index (χ0n) is 19.6. The van der Waals surface area contributed by atoms with E-state index in [4.69, 9.17) is 9.84 Å². The van der Waals surface area contributed by atoms with Crippen molar-refractivity contribution in [2.24, 2.45) is 0 Å². The Hall–Kier alpha value is -4.00. The van der Waals surface area contributed by atoms with E-state index in [1.54, 1.807) is 4.68 Å². The minimum absolute atomic E-state index is 0.0498. The van der Waals surface area contributed by atoms with Gasteiger partial charge < -0.3 is 10.1 Å². The summed E-state index contributed by atoms with van der Waals surface area (Å²) in [7, 11) is 0. The number of rotatable bonds is 6. The molecule has 2 aromatic heterocycles. The number of fused-ring (bicyclic) bond motifs is 1. The van der Waals surface area contributed by atoms with E-state index in [1.807, 2.05) is 69.3 Å². The molecular formula is C27H27N5O2. The first kappa shape index (κ1) is 21.8. The first-order chi connectivity index (χ1) is 16.5. The molecule has 1 aliphatic heterocycles. The molecule has 0 radical (unpaired) electrons. The van der Waals surface area contributed by atoms with E-state index in [9.17, 15) is 4.79 Å². The van der Waals surface area contributed by atoms with Crippen LogP contribution in [0.5, 0.6) is 5.75 Å². The number of aryl methyl sites for hydroxylation is 3. The number of nitrogens with one attached hydrogen (secondary N) is 1. The summed E-state index contributed by atoms with van der Waals surface area (Å²) in [5.74, 6) is 1.78. The Labute approximate surface area is 198 Å². The van der Waals surface area contributed by atoms with Crippen molar-refractivity contribution in [3.63, 3.8) is 0 Å². The molecule has 2 aromatic carbocycles. The fourth-order valence-electron chi connectivity index (χ4n) is 4.51. The molecule has 34 heavy (non-hydrogen) atoms. The number of anilines is 1. The lowest BCUT2D eigenvalue weighted by Crippen LogP contribution is -2.25. The van der Waals surface area contributed by atoms with Crippen molar-refractivity contribution in [1.82, 2.24) is 19.7 Å². The number of amides is 1. The van der Waals surface area contributed by atoms with Crippen LogP contribution in [0.15, 0.2) is 60.7 Å². The topological polar surface area (TPSA) is 81.9 Å². The highest BCUT2D eigenvalue weighted by Crippen LogP contribution is 2.40. The van der Waals surface area contributed by atoms with Crippen LogP contribution < -0.4 is 10.1 Å². The lowest BCUT2D eigenvalue weighted by atomic mass is 9.86. The Kier molecular flexibility index (Phi) is 5.84. The van der Waals surface area contributed by atoms with Crippen molar-refractivity contribution in [3.05, 3.63) is 94.4 Å². The molecule has 0 bridgehead atoms. The molecule has 4 aromatic rings. The maximum absolute atomic E-state index is 12.7. The summed E-state index contributed by atoms with van der Waals surface area (Å²) in [6, 6.07) is 20.2. The van der Waals surface area contributed by atoms with E-state index in [0.717, 1.165) is 40.4 Å². The van der Waals surface area contributed by atoms with Crippen molar-refractivity contribution in [1.29, 1.82) is 0 Å². The Bertz CT molecular complexity index is 1310. The highest BCUT2D eigenvalue weighted by Gasteiger charge is 2.33. The minimum Gasteiger partial charge on any atom is -0.493 e. The van der Waals surface area contributed by atoms with Crippen LogP contribution >= 0.6 is 0 Å². The third-order valence-electron chi connectivity index (χ3n) is 6.05. The van der Waals surface area contributed by atoms with Gasteiger partial charge in [0, 0.05) is 35.7 Å². The number of ether oxygens (including phenoxy) is 1. The van der Waals surface area contributed by atoms with E-state index in [-0.39, 0.29) is 11.8 Å². The molecule has 1 amide bonds. The first-order valence-corrected chi connectivity index (χ1v) is 11.5. The molecule has 0 unspecified atom stereocenters. The Morgan fingerprint density at radius 2 is 1.71 bits per heavy atom. The maximum Gasteiger partial charge on any atom is 0.252 e. The molecule has 0 fully saturated rings. The van der Waals surface area contributed by atoms with Crippen molar-refractivity contribution >= 4 is 11.7 Å². The standard InChI is InChI=1S/C27H27N5O2/c1-17-15-18(2)29-27(28-17)32-26-25(19(3)31-32)23(16-24(33)30-26)21-9-11-22(12-10-21)34-14-13-20-7-5-4-6-8-20/h4-12,15,23H,13-14,16H2,1-3H3,(H,30,33)/t23-/m1/s1. The molecule has 7 heteroatoms. The normalized spacial score (nSPS) is 15.0. The number of nitrogens with zero attached hydrogens (tertiary/aromatic N) is 4. The monoisotopic (exact) mass is 453 g/mol. The van der Waals surface area contributed by atoms with Crippen LogP contribution in [0, 0.1) is 20.8 Å². The van der Waals surface area contributed by atoms with Crippen LogP contribution in [0.25, 0.3) is 5.95 Å². The predicted octanol–water partition coefficient (Wildman–Crippen LogP) is 4.68. The molecule has 0 aliphatic carbocycles. The van der Waals surface area contributed by atoms with Gasteiger partial charge in [0.25, 0.3) is 5.95 Å². The molecule has 5 rings (SSSR count). The maximum atomic E-state index is 12.7. The number of hydrogen-bond donors (Lipinski definition) is 1. The number of aromatic nitrogens is 4. The molecule has 172 valence electrons. The van der Waals surface area contributed by atoms with Gasteiger partial charge in [-0.15, -0.1) is 0 Å². The minimum atomic E-state index is -0.0956. The summed E-state index contributed by atoms with van der Waals surface area (Å²) < 4.78 is 7.59. The Morgan fingerprint density at radius 3 is 2.41 bits per heavy atom. The zero-order chi connectivity index (χ0) is 23.7. The van der Waals surface area contributed by atoms with Gasteiger partial charge in [0.2, 0.25) is 5.91 Å². The average molecular weight is 454 g/mol. The molecule has 1 aliphatic rings. The Balaban J connectivity index is 1.39. The van der Waals surface area contributed by atoms with Crippen LogP contribution in [0.3, 0.4) is 0 Å². The lowest BCUT2D eigenvalue weighted by Gasteiger charge is -2.24. The van der Waals surface area contributed by atoms with Gasteiger partial charge in [0.1, 0.15) is 11.6 Å². The van der Waals surface area contributed by atoms with E-state index in [1.165, 1.54) is 5.56 Å². The fraction of sp³-hybridized carbons (Fsp3) is 0.259. The van der Waals surface area contributed by atoms with Gasteiger partial charge in [-0.3, -0.25) is 4.79 Å². The number of benzene rings is 2. The van der Waals surface area contributed by atoms with Gasteiger partial charge in [-0.25, -0.2) is 9.97 Å². The molecule has 7 nitrogen and oxygen atoms in total. The van der Waals surface area contributed by atoms with Crippen molar-refractivity contribution in [2.45, 2.75) is 39.5 Å². The van der Waals surface area contributed by atoms with Crippen LogP contribution in [-0.2, 0) is 11.2 Å². The summed E-state index contributed by atoms with van der Waals surface area (Å²) >= 11 is 0. The molecular weight excluding hydrogens is 426 g/mol. The van der Waals surface area contributed by atoms with Crippen molar-refractivity contribution in [2.75, 3.05) is 11.9 Å². The average Bonchev–Trinajstić information content (AvgIpc) is 3.15. The van der Waals surface area contributed by atoms with Crippen molar-refractivity contribution in [3.8, 4) is 11.7 Å². The van der Waals surface area contributed by atoms with Crippen LogP contribution in [-0.4, -0.2) is 32.3 Å². The summed E-state index contributed by atoms with van der Waals surface area (Å²) in [5, 5.41) is 7.69. The smallest absolute Gasteiger partial charge is 0.252 e. The summed E-state index contributed by atoms with van der Waals surface area (Å²) in [4.78, 5) is 21.7. The molecule has 0 saturated carbocycles. The van der Waals surface area contributed by atoms with Gasteiger partial charge in [0.05, 0.1) is 12.3 Å². The fourth-order valence-corrected chi connectivity index (χ4v) is 4.51. The van der Waals surface area contributed by atoms with Crippen LogP contribution in [0.2, 0.25) is 0 Å². The second-order valence-corrected chi connectivity index (χ2v) is 8.67. The van der Waals surface area contributed by atoms with E-state index in [0.29, 0.717) is 24.8 Å². The largest absolute Gasteiger partial charge is 0.493 e. The second kappa shape index (κ2) is 9.09. The highest BCUT2D eigenvalue weighted by molar-refractivity contribution is 5.95. The van der Waals surface area contributed by atoms with Gasteiger partial charge in [0.15, 0.2) is 0 Å². The SMILES string of the molecule is Cc1cc(C)nc(-n2nc(C)c3c2NC(=O)C[C@@H]3c2ccc(OCCc3ccccc3)cc2)n1. The summed E-state index contributed by atoms with van der Waals surface area (Å²) in [5.41, 5.74) is 5.86. The number of carbonyl (C=O) groups excluding carboxylic acids is 1. The molecule has 1 N–H and O–H groups in total. The quantitative estimate of drug-likeness (QED) is 0.458. The number of carbonyl (C=O) groups is 1. The van der Waals surface area contributed by atoms with Gasteiger partial charge in [-0.2, -0.15) is 9.78 Å². The van der Waals surface area contributed by atoms with Gasteiger partial charge in [-0.05, 0) is 50.1 Å². The molecule has 1 atom stereocenters. The van der Waals surface area contributed by atoms with Gasteiger partial charge in [-0.1, -0.05) is 42.5 Å². The third-order valence-corrected chi connectivity index (χ3v) is 6.05. The van der Waals surface area contributed by atoms with Crippen molar-refractivity contribution < 1.29 is 9.53 Å². The van der Waals surface area contributed by atoms with E-state index >= 15 is 0 Å². The molecule has 0 saturated heterocycles. The van der Waals surface area contributed by atoms with E-state index in [2.05, 4.69) is 27.4 Å². The van der Waals surface area contributed by atoms with Crippen LogP contribution in [0.1, 0.15) is 46.1 Å². The second-order valence-electron chi connectivity index (χ2n) is 8.67. The van der Waals surface area contributed by atoms with E-state index < -0.39 is 0 Å². The molecule has 3 heterocycles. The first-order valence-electron chi connectivity index (χ1n) is 11.5. The third kappa shape index (κ3) is 4.41.